The average molecular weight is 369 g/mol. The van der Waals surface area contributed by atoms with Gasteiger partial charge in [0, 0.05) is 12.7 Å². The Balaban J connectivity index is 2.28. The van der Waals surface area contributed by atoms with Gasteiger partial charge >= 0.3 is 0 Å². The van der Waals surface area contributed by atoms with Gasteiger partial charge in [0.1, 0.15) is 5.75 Å². The third-order valence-electron chi connectivity index (χ3n) is 3.40. The molecule has 0 heterocycles. The van der Waals surface area contributed by atoms with Gasteiger partial charge in [0.05, 0.1) is 29.6 Å². The lowest BCUT2D eigenvalue weighted by molar-refractivity contribution is 0.102. The number of amides is 1. The second-order valence-corrected chi connectivity index (χ2v) is 7.50. The molecule has 24 heavy (non-hydrogen) atoms. The highest BCUT2D eigenvalue weighted by Gasteiger charge is 2.17. The van der Waals surface area contributed by atoms with Crippen molar-refractivity contribution in [2.75, 3.05) is 30.0 Å². The fourth-order valence-corrected chi connectivity index (χ4v) is 2.65. The minimum Gasteiger partial charge on any atom is -0.497 e. The highest BCUT2D eigenvalue weighted by atomic mass is 35.5. The van der Waals surface area contributed by atoms with E-state index in [0.717, 1.165) is 10.6 Å². The molecule has 0 aliphatic heterocycles. The molecule has 0 saturated carbocycles. The maximum atomic E-state index is 12.4. The second kappa shape index (κ2) is 7.11. The molecule has 1 amide bonds. The predicted molar refractivity (Wildman–Crippen MR) is 95.6 cm³/mol. The molecule has 2 aromatic carbocycles. The van der Waals surface area contributed by atoms with Gasteiger partial charge in [-0.3, -0.25) is 9.10 Å². The Kier molecular flexibility index (Phi) is 5.36. The summed E-state index contributed by atoms with van der Waals surface area (Å²) in [6.07, 6.45) is 1.08. The van der Waals surface area contributed by atoms with Crippen LogP contribution >= 0.6 is 11.6 Å². The largest absolute Gasteiger partial charge is 0.497 e. The van der Waals surface area contributed by atoms with Crippen LogP contribution in [0.1, 0.15) is 10.4 Å². The summed E-state index contributed by atoms with van der Waals surface area (Å²) in [7, 11) is -0.474. The van der Waals surface area contributed by atoms with Crippen LogP contribution in [0.2, 0.25) is 5.02 Å². The third kappa shape index (κ3) is 4.18. The summed E-state index contributed by atoms with van der Waals surface area (Å²) in [5, 5.41) is 2.94. The smallest absolute Gasteiger partial charge is 0.257 e. The number of carbonyl (C=O) groups is 1. The Morgan fingerprint density at radius 3 is 2.33 bits per heavy atom. The maximum absolute atomic E-state index is 12.4. The number of ether oxygens (including phenoxy) is 1. The van der Waals surface area contributed by atoms with Crippen LogP contribution in [0.4, 0.5) is 11.4 Å². The van der Waals surface area contributed by atoms with Crippen LogP contribution in [-0.2, 0) is 10.0 Å². The van der Waals surface area contributed by atoms with Gasteiger partial charge < -0.3 is 10.1 Å². The average Bonchev–Trinajstić information content (AvgIpc) is 2.54. The van der Waals surface area contributed by atoms with Crippen LogP contribution in [0.3, 0.4) is 0 Å². The normalized spacial score (nSPS) is 11.0. The summed E-state index contributed by atoms with van der Waals surface area (Å²) in [6, 6.07) is 11.3. The SMILES string of the molecule is COc1ccc(NC(=O)c2cc(N(C)S(C)(=O)=O)ccc2Cl)cc1. The van der Waals surface area contributed by atoms with Crippen LogP contribution < -0.4 is 14.4 Å². The number of nitrogens with one attached hydrogen (secondary N) is 1. The van der Waals surface area contributed by atoms with Gasteiger partial charge in [0.15, 0.2) is 0 Å². The molecule has 0 spiro atoms. The fraction of sp³-hybridized carbons (Fsp3) is 0.188. The van der Waals surface area contributed by atoms with E-state index in [4.69, 9.17) is 16.3 Å². The molecule has 128 valence electrons. The molecule has 0 aliphatic rings. The highest BCUT2D eigenvalue weighted by molar-refractivity contribution is 7.92. The van der Waals surface area contributed by atoms with Crippen molar-refractivity contribution in [3.63, 3.8) is 0 Å². The van der Waals surface area contributed by atoms with Crippen molar-refractivity contribution in [1.29, 1.82) is 0 Å². The Bertz CT molecular complexity index is 851. The number of rotatable bonds is 5. The lowest BCUT2D eigenvalue weighted by Gasteiger charge is -2.18. The minimum atomic E-state index is -3.43. The molecule has 0 atom stereocenters. The number of anilines is 2. The summed E-state index contributed by atoms with van der Waals surface area (Å²) in [4.78, 5) is 12.4. The molecule has 0 bridgehead atoms. The summed E-state index contributed by atoms with van der Waals surface area (Å²) < 4.78 is 29.4. The van der Waals surface area contributed by atoms with Crippen LogP contribution in [0.25, 0.3) is 0 Å². The van der Waals surface area contributed by atoms with Gasteiger partial charge in [-0.15, -0.1) is 0 Å². The molecule has 0 unspecified atom stereocenters. The zero-order valence-electron chi connectivity index (χ0n) is 13.4. The Morgan fingerprint density at radius 2 is 1.79 bits per heavy atom. The number of benzene rings is 2. The predicted octanol–water partition coefficient (Wildman–Crippen LogP) is 3.00. The summed E-state index contributed by atoms with van der Waals surface area (Å²) in [5.41, 5.74) is 1.10. The van der Waals surface area contributed by atoms with Gasteiger partial charge in [0.25, 0.3) is 5.91 Å². The van der Waals surface area contributed by atoms with Gasteiger partial charge in [-0.25, -0.2) is 8.42 Å². The van der Waals surface area contributed by atoms with Crippen LogP contribution in [0.15, 0.2) is 42.5 Å². The van der Waals surface area contributed by atoms with E-state index in [1.54, 1.807) is 31.4 Å². The molecular weight excluding hydrogens is 352 g/mol. The number of methoxy groups -OCH3 is 1. The van der Waals surface area contributed by atoms with Crippen LogP contribution in [0.5, 0.6) is 5.75 Å². The minimum absolute atomic E-state index is 0.181. The molecule has 0 aromatic heterocycles. The summed E-state index contributed by atoms with van der Waals surface area (Å²) in [5.74, 6) is 0.233. The van der Waals surface area contributed by atoms with E-state index in [9.17, 15) is 13.2 Å². The Hall–Kier alpha value is -2.25. The zero-order chi connectivity index (χ0) is 17.9. The quantitative estimate of drug-likeness (QED) is 0.880. The van der Waals surface area contributed by atoms with E-state index in [-0.39, 0.29) is 10.6 Å². The summed E-state index contributed by atoms with van der Waals surface area (Å²) >= 11 is 6.08. The molecule has 6 nitrogen and oxygen atoms in total. The number of hydrogen-bond donors (Lipinski definition) is 1. The molecule has 0 saturated heterocycles. The second-order valence-electron chi connectivity index (χ2n) is 5.08. The van der Waals surface area contributed by atoms with E-state index in [1.807, 2.05) is 0 Å². The van der Waals surface area contributed by atoms with Crippen molar-refractivity contribution in [1.82, 2.24) is 0 Å². The first-order valence-corrected chi connectivity index (χ1v) is 9.14. The molecule has 1 N–H and O–H groups in total. The number of hydrogen-bond acceptors (Lipinski definition) is 4. The van der Waals surface area contributed by atoms with Gasteiger partial charge in [-0.05, 0) is 42.5 Å². The van der Waals surface area contributed by atoms with Crippen LogP contribution in [0, 0.1) is 0 Å². The number of nitrogens with zero attached hydrogens (tertiary/aromatic N) is 1. The first-order chi connectivity index (χ1) is 11.2. The lowest BCUT2D eigenvalue weighted by atomic mass is 10.1. The zero-order valence-corrected chi connectivity index (χ0v) is 15.0. The molecule has 2 rings (SSSR count). The van der Waals surface area contributed by atoms with Gasteiger partial charge in [-0.2, -0.15) is 0 Å². The Morgan fingerprint density at radius 1 is 1.17 bits per heavy atom. The number of sulfonamides is 1. The van der Waals surface area contributed by atoms with E-state index in [2.05, 4.69) is 5.32 Å². The summed E-state index contributed by atoms with van der Waals surface area (Å²) in [6.45, 7) is 0. The van der Waals surface area contributed by atoms with E-state index in [1.165, 1.54) is 25.2 Å². The lowest BCUT2D eigenvalue weighted by Crippen LogP contribution is -2.25. The van der Waals surface area contributed by atoms with Gasteiger partial charge in [0.2, 0.25) is 10.0 Å². The van der Waals surface area contributed by atoms with Gasteiger partial charge in [-0.1, -0.05) is 11.6 Å². The molecule has 0 fully saturated rings. The topological polar surface area (TPSA) is 75.7 Å². The number of carbonyl (C=O) groups excluding carboxylic acids is 1. The van der Waals surface area contributed by atoms with Crippen molar-refractivity contribution in [2.45, 2.75) is 0 Å². The Labute approximate surface area is 146 Å². The molecular formula is C16H17ClN2O4S. The molecule has 2 aromatic rings. The highest BCUT2D eigenvalue weighted by Crippen LogP contribution is 2.25. The van der Waals surface area contributed by atoms with Crippen LogP contribution in [-0.4, -0.2) is 34.7 Å². The monoisotopic (exact) mass is 368 g/mol. The third-order valence-corrected chi connectivity index (χ3v) is 4.94. The maximum Gasteiger partial charge on any atom is 0.257 e. The van der Waals surface area contributed by atoms with E-state index < -0.39 is 15.9 Å². The van der Waals surface area contributed by atoms with Crippen molar-refractivity contribution >= 4 is 38.9 Å². The van der Waals surface area contributed by atoms with Crippen molar-refractivity contribution in [2.24, 2.45) is 0 Å². The van der Waals surface area contributed by atoms with Crippen molar-refractivity contribution in [3.8, 4) is 5.75 Å². The fourth-order valence-electron chi connectivity index (χ4n) is 1.95. The standard InChI is InChI=1S/C16H17ClN2O4S/c1-19(24(3,21)22)12-6-9-15(17)14(10-12)16(20)18-11-4-7-13(23-2)8-5-11/h4-10H,1-3H3,(H,18,20). The van der Waals surface area contributed by atoms with Crippen molar-refractivity contribution in [3.05, 3.63) is 53.1 Å². The van der Waals surface area contributed by atoms with E-state index >= 15 is 0 Å². The van der Waals surface area contributed by atoms with Crippen molar-refractivity contribution < 1.29 is 17.9 Å². The first kappa shape index (κ1) is 18.1. The molecule has 8 heteroatoms. The van der Waals surface area contributed by atoms with E-state index in [0.29, 0.717) is 17.1 Å². The molecule has 0 radical (unpaired) electrons. The number of halogens is 1. The first-order valence-electron chi connectivity index (χ1n) is 6.91. The molecule has 0 aliphatic carbocycles.